The molecule has 26 heavy (non-hydrogen) atoms. The molecule has 0 aliphatic heterocycles. The zero-order valence-electron chi connectivity index (χ0n) is 14.1. The molecule has 0 saturated heterocycles. The molecule has 6 nitrogen and oxygen atoms in total. The first-order chi connectivity index (χ1) is 12.2. The lowest BCUT2D eigenvalue weighted by Crippen LogP contribution is -2.42. The first-order valence-corrected chi connectivity index (χ1v) is 8.08. The third-order valence-electron chi connectivity index (χ3n) is 3.94. The summed E-state index contributed by atoms with van der Waals surface area (Å²) >= 11 is 0. The summed E-state index contributed by atoms with van der Waals surface area (Å²) in [6.07, 6.45) is -2.53. The van der Waals surface area contributed by atoms with Crippen LogP contribution < -0.4 is 14.8 Å². The molecule has 1 atom stereocenters. The van der Waals surface area contributed by atoms with Crippen molar-refractivity contribution in [2.75, 3.05) is 13.7 Å². The summed E-state index contributed by atoms with van der Waals surface area (Å²) in [5.41, 5.74) is 0.662. The number of hydrogen-bond donors (Lipinski definition) is 2. The molecule has 144 valence electrons. The van der Waals surface area contributed by atoms with Gasteiger partial charge in [0.2, 0.25) is 5.91 Å². The molecule has 0 bridgehead atoms. The van der Waals surface area contributed by atoms with Crippen molar-refractivity contribution in [1.82, 2.24) is 5.32 Å². The van der Waals surface area contributed by atoms with Gasteiger partial charge in [-0.3, -0.25) is 4.79 Å². The number of aryl methyl sites for hydroxylation is 1. The molecule has 1 aliphatic carbocycles. The van der Waals surface area contributed by atoms with Crippen LogP contribution in [0.4, 0.5) is 13.2 Å². The molecule has 9 heteroatoms. The Labute approximate surface area is 148 Å². The Morgan fingerprint density at radius 1 is 1.31 bits per heavy atom. The Morgan fingerprint density at radius 2 is 2.00 bits per heavy atom. The number of amides is 1. The minimum Gasteiger partial charge on any atom is -0.493 e. The van der Waals surface area contributed by atoms with Gasteiger partial charge in [0.1, 0.15) is 6.04 Å². The third kappa shape index (κ3) is 6.12. The summed E-state index contributed by atoms with van der Waals surface area (Å²) in [5.74, 6) is -1.36. The fourth-order valence-corrected chi connectivity index (χ4v) is 2.46. The van der Waals surface area contributed by atoms with E-state index in [1.54, 1.807) is 0 Å². The van der Waals surface area contributed by atoms with E-state index in [9.17, 15) is 22.8 Å². The molecule has 1 saturated carbocycles. The van der Waals surface area contributed by atoms with Gasteiger partial charge in [-0.25, -0.2) is 4.79 Å². The van der Waals surface area contributed by atoms with Crippen molar-refractivity contribution in [2.24, 2.45) is 5.92 Å². The number of carbonyl (C=O) groups is 2. The lowest BCUT2D eigenvalue weighted by atomic mass is 10.1. The number of aliphatic carboxylic acids is 1. The van der Waals surface area contributed by atoms with Gasteiger partial charge in [-0.15, -0.1) is 0 Å². The molecular weight excluding hydrogens is 355 g/mol. The van der Waals surface area contributed by atoms with Crippen molar-refractivity contribution in [3.63, 3.8) is 0 Å². The van der Waals surface area contributed by atoms with Gasteiger partial charge < -0.3 is 19.9 Å². The molecule has 2 rings (SSSR count). The van der Waals surface area contributed by atoms with Crippen LogP contribution in [0.3, 0.4) is 0 Å². The largest absolute Gasteiger partial charge is 0.493 e. The average Bonchev–Trinajstić information content (AvgIpc) is 3.40. The molecule has 0 heterocycles. The molecule has 1 amide bonds. The highest BCUT2D eigenvalue weighted by molar-refractivity contribution is 5.84. The highest BCUT2D eigenvalue weighted by Crippen LogP contribution is 2.33. The molecule has 0 spiro atoms. The van der Waals surface area contributed by atoms with Gasteiger partial charge in [0, 0.05) is 6.42 Å². The van der Waals surface area contributed by atoms with Gasteiger partial charge >= 0.3 is 12.1 Å². The van der Waals surface area contributed by atoms with E-state index in [1.807, 2.05) is 0 Å². The molecule has 2 N–H and O–H groups in total. The van der Waals surface area contributed by atoms with Crippen LogP contribution in [-0.4, -0.2) is 42.9 Å². The monoisotopic (exact) mass is 375 g/mol. The Kier molecular flexibility index (Phi) is 6.33. The smallest absolute Gasteiger partial charge is 0.422 e. The number of carboxylic acids is 1. The summed E-state index contributed by atoms with van der Waals surface area (Å²) < 4.78 is 46.4. The van der Waals surface area contributed by atoms with Crippen molar-refractivity contribution in [3.8, 4) is 11.5 Å². The van der Waals surface area contributed by atoms with E-state index in [1.165, 1.54) is 25.3 Å². The van der Waals surface area contributed by atoms with E-state index in [0.717, 1.165) is 12.8 Å². The molecule has 1 unspecified atom stereocenters. The van der Waals surface area contributed by atoms with Crippen molar-refractivity contribution in [3.05, 3.63) is 23.8 Å². The minimum atomic E-state index is -4.45. The summed E-state index contributed by atoms with van der Waals surface area (Å²) in [4.78, 5) is 23.1. The quantitative estimate of drug-likeness (QED) is 0.693. The number of carboxylic acid groups (broad SMARTS) is 1. The van der Waals surface area contributed by atoms with E-state index in [0.29, 0.717) is 12.0 Å². The normalized spacial score (nSPS) is 15.2. The number of hydrogen-bond acceptors (Lipinski definition) is 4. The minimum absolute atomic E-state index is 0.0124. The Morgan fingerprint density at radius 3 is 2.54 bits per heavy atom. The molecule has 1 aromatic carbocycles. The van der Waals surface area contributed by atoms with Crippen LogP contribution in [0.15, 0.2) is 18.2 Å². The summed E-state index contributed by atoms with van der Waals surface area (Å²) in [6, 6.07) is 3.52. The standard InChI is InChI=1S/C17H20F3NO5/c1-25-13-8-10(2-6-12(13)26-9-17(18,19)20)3-7-14(22)21-15(16(23)24)11-4-5-11/h2,6,8,11,15H,3-5,7,9H2,1H3,(H,21,22)(H,23,24). The highest BCUT2D eigenvalue weighted by Gasteiger charge is 2.37. The van der Waals surface area contributed by atoms with Crippen molar-refractivity contribution in [1.29, 1.82) is 0 Å². The van der Waals surface area contributed by atoms with Crippen LogP contribution in [-0.2, 0) is 16.0 Å². The Bertz CT molecular complexity index is 658. The van der Waals surface area contributed by atoms with Crippen LogP contribution in [0.1, 0.15) is 24.8 Å². The molecule has 0 radical (unpaired) electrons. The van der Waals surface area contributed by atoms with Crippen LogP contribution >= 0.6 is 0 Å². The Hall–Kier alpha value is -2.45. The van der Waals surface area contributed by atoms with Crippen LogP contribution in [0.25, 0.3) is 0 Å². The van der Waals surface area contributed by atoms with E-state index in [2.05, 4.69) is 5.32 Å². The Balaban J connectivity index is 1.90. The highest BCUT2D eigenvalue weighted by atomic mass is 19.4. The maximum absolute atomic E-state index is 12.2. The third-order valence-corrected chi connectivity index (χ3v) is 3.94. The van der Waals surface area contributed by atoms with Gasteiger partial charge in [0.05, 0.1) is 7.11 Å². The van der Waals surface area contributed by atoms with E-state index in [4.69, 9.17) is 14.6 Å². The zero-order chi connectivity index (χ0) is 19.3. The van der Waals surface area contributed by atoms with Gasteiger partial charge in [0.25, 0.3) is 0 Å². The predicted octanol–water partition coefficient (Wildman–Crippen LogP) is 2.55. The zero-order valence-corrected chi connectivity index (χ0v) is 14.1. The molecular formula is C17H20F3NO5. The van der Waals surface area contributed by atoms with Crippen molar-refractivity contribution < 1.29 is 37.3 Å². The molecule has 0 aromatic heterocycles. The first-order valence-electron chi connectivity index (χ1n) is 8.08. The summed E-state index contributed by atoms with van der Waals surface area (Å²) in [7, 11) is 1.30. The second-order valence-corrected chi connectivity index (χ2v) is 6.11. The van der Waals surface area contributed by atoms with Crippen molar-refractivity contribution >= 4 is 11.9 Å². The first kappa shape index (κ1) is 19.9. The lowest BCUT2D eigenvalue weighted by molar-refractivity contribution is -0.153. The maximum atomic E-state index is 12.2. The van der Waals surface area contributed by atoms with E-state index < -0.39 is 24.8 Å². The fraction of sp³-hybridized carbons (Fsp3) is 0.529. The molecule has 1 fully saturated rings. The van der Waals surface area contributed by atoms with Crippen LogP contribution in [0.2, 0.25) is 0 Å². The summed E-state index contributed by atoms with van der Waals surface area (Å²) in [6.45, 7) is -1.43. The summed E-state index contributed by atoms with van der Waals surface area (Å²) in [5, 5.41) is 11.6. The topological polar surface area (TPSA) is 84.9 Å². The van der Waals surface area contributed by atoms with Crippen molar-refractivity contribution in [2.45, 2.75) is 37.9 Å². The average molecular weight is 375 g/mol. The molecule has 1 aromatic rings. The number of alkyl halides is 3. The van der Waals surface area contributed by atoms with Gasteiger partial charge in [-0.05, 0) is 42.9 Å². The second-order valence-electron chi connectivity index (χ2n) is 6.11. The van der Waals surface area contributed by atoms with Gasteiger partial charge in [-0.2, -0.15) is 13.2 Å². The number of nitrogens with one attached hydrogen (secondary N) is 1. The van der Waals surface area contributed by atoms with Crippen LogP contribution in [0, 0.1) is 5.92 Å². The van der Waals surface area contributed by atoms with Crippen LogP contribution in [0.5, 0.6) is 11.5 Å². The lowest BCUT2D eigenvalue weighted by Gasteiger charge is -2.15. The van der Waals surface area contributed by atoms with E-state index >= 15 is 0 Å². The molecule has 1 aliphatic rings. The number of carbonyl (C=O) groups excluding carboxylic acids is 1. The maximum Gasteiger partial charge on any atom is 0.422 e. The SMILES string of the molecule is COc1cc(CCC(=O)NC(C(=O)O)C2CC2)ccc1OCC(F)(F)F. The van der Waals surface area contributed by atoms with Gasteiger partial charge in [-0.1, -0.05) is 6.07 Å². The number of methoxy groups -OCH3 is 1. The van der Waals surface area contributed by atoms with Gasteiger partial charge in [0.15, 0.2) is 18.1 Å². The number of rotatable bonds is 9. The van der Waals surface area contributed by atoms with E-state index in [-0.39, 0.29) is 29.7 Å². The number of benzene rings is 1. The fourth-order valence-electron chi connectivity index (χ4n) is 2.46. The number of ether oxygens (including phenoxy) is 2. The number of halogens is 3. The second kappa shape index (κ2) is 8.29. The predicted molar refractivity (Wildman–Crippen MR) is 85.2 cm³/mol.